The van der Waals surface area contributed by atoms with Crippen LogP contribution in [0, 0.1) is 11.7 Å². The Morgan fingerprint density at radius 2 is 1.64 bits per heavy atom. The molecule has 0 aliphatic rings. The Morgan fingerprint density at radius 3 is 2.21 bits per heavy atom. The van der Waals surface area contributed by atoms with Gasteiger partial charge in [0.2, 0.25) is 20.0 Å². The van der Waals surface area contributed by atoms with E-state index in [0.717, 1.165) is 32.9 Å². The summed E-state index contributed by atoms with van der Waals surface area (Å²) in [6.07, 6.45) is 1.43. The molecule has 0 aliphatic heterocycles. The van der Waals surface area contributed by atoms with Crippen LogP contribution >= 0.6 is 0 Å². The largest absolute Gasteiger partial charge is 0.491 e. The average Bonchev–Trinajstić information content (AvgIpc) is 3.40. The maximum absolute atomic E-state index is 13.7. The number of carbonyl (C=O) groups excluding carboxylic acids is 1. The summed E-state index contributed by atoms with van der Waals surface area (Å²) >= 11 is 0. The minimum atomic E-state index is -4.32. The third-order valence-corrected chi connectivity index (χ3v) is 9.85. The second kappa shape index (κ2) is 14.1. The molecule has 3 rings (SSSR count). The van der Waals surface area contributed by atoms with Gasteiger partial charge in [0.1, 0.15) is 30.9 Å². The van der Waals surface area contributed by atoms with E-state index in [0.29, 0.717) is 0 Å². The van der Waals surface area contributed by atoms with Crippen LogP contribution in [0.25, 0.3) is 0 Å². The van der Waals surface area contributed by atoms with Gasteiger partial charge in [-0.15, -0.1) is 5.10 Å². The highest BCUT2D eigenvalue weighted by Crippen LogP contribution is 2.25. The van der Waals surface area contributed by atoms with Crippen LogP contribution in [-0.2, 0) is 37.9 Å². The van der Waals surface area contributed by atoms with Crippen molar-refractivity contribution in [3.8, 4) is 5.75 Å². The Kier molecular flexibility index (Phi) is 11.1. The van der Waals surface area contributed by atoms with Crippen LogP contribution in [0.15, 0.2) is 64.5 Å². The third kappa shape index (κ3) is 7.86. The highest BCUT2D eigenvalue weighted by molar-refractivity contribution is 7.89. The Labute approximate surface area is 242 Å². The second-order valence-electron chi connectivity index (χ2n) is 9.48. The summed E-state index contributed by atoms with van der Waals surface area (Å²) in [6, 6.07) is 8.29. The summed E-state index contributed by atoms with van der Waals surface area (Å²) in [5.74, 6) is -1.82. The fraction of sp³-hybridized carbons (Fsp3) is 0.400. The summed E-state index contributed by atoms with van der Waals surface area (Å²) in [5, 5.41) is 17.2. The lowest BCUT2D eigenvalue weighted by molar-refractivity contribution is -0.134. The van der Waals surface area contributed by atoms with Gasteiger partial charge in [0.05, 0.1) is 28.6 Å². The molecule has 1 heterocycles. The Balaban J connectivity index is 1.82. The van der Waals surface area contributed by atoms with Crippen LogP contribution < -0.4 is 10.2 Å². The zero-order chi connectivity index (χ0) is 31.1. The standard InChI is InChI=1S/C25H32F2N6O7S2/c1-18(2)24(25(34)29-35)33(42(38,39)23-10-6-21(7-11-23)40-15-12-26)14-13-32-17-20(28-30-32)16-31(3)41(36,37)22-8-4-19(27)5-9-22/h4-11,17-18,24,35H,12-16H2,1-3H3,(H,29,34)/t24-/m1/s1. The number of ether oxygens (including phenoxy) is 1. The van der Waals surface area contributed by atoms with Gasteiger partial charge in [-0.3, -0.25) is 14.7 Å². The highest BCUT2D eigenvalue weighted by Gasteiger charge is 2.38. The SMILES string of the molecule is CC(C)[C@H](C(=O)NO)N(CCn1cc(CN(C)S(=O)(=O)c2ccc(F)cc2)nn1)S(=O)(=O)c1ccc(OCCF)cc1. The van der Waals surface area contributed by atoms with Gasteiger partial charge in [0, 0.05) is 19.8 Å². The summed E-state index contributed by atoms with van der Waals surface area (Å²) in [4.78, 5) is 12.3. The molecule has 230 valence electrons. The molecule has 2 N–H and O–H groups in total. The number of hydrogen-bond acceptors (Lipinski definition) is 9. The minimum Gasteiger partial charge on any atom is -0.491 e. The zero-order valence-corrected chi connectivity index (χ0v) is 24.7. The molecule has 2 aromatic carbocycles. The van der Waals surface area contributed by atoms with Gasteiger partial charge in [-0.25, -0.2) is 31.1 Å². The first kappa shape index (κ1) is 33.0. The maximum atomic E-state index is 13.7. The van der Waals surface area contributed by atoms with E-state index in [1.54, 1.807) is 13.8 Å². The van der Waals surface area contributed by atoms with Crippen molar-refractivity contribution in [2.45, 2.75) is 42.8 Å². The molecule has 0 spiro atoms. The molecule has 0 bridgehead atoms. The number of nitrogens with zero attached hydrogens (tertiary/aromatic N) is 5. The molecule has 0 radical (unpaired) electrons. The fourth-order valence-electron chi connectivity index (χ4n) is 4.06. The highest BCUT2D eigenvalue weighted by atomic mass is 32.2. The van der Waals surface area contributed by atoms with Gasteiger partial charge < -0.3 is 4.74 Å². The number of halogens is 2. The number of hydrogen-bond donors (Lipinski definition) is 2. The molecule has 3 aromatic rings. The van der Waals surface area contributed by atoms with E-state index in [2.05, 4.69) is 10.3 Å². The molecule has 0 saturated carbocycles. The number of amides is 1. The number of rotatable bonds is 15. The molecule has 42 heavy (non-hydrogen) atoms. The minimum absolute atomic E-state index is 0.0831. The van der Waals surface area contributed by atoms with Crippen LogP contribution in [0.2, 0.25) is 0 Å². The molecule has 17 heteroatoms. The van der Waals surface area contributed by atoms with Gasteiger partial charge in [0.25, 0.3) is 5.91 Å². The van der Waals surface area contributed by atoms with E-state index in [4.69, 9.17) is 4.74 Å². The Hall–Kier alpha value is -3.51. The monoisotopic (exact) mass is 630 g/mol. The molecule has 0 fully saturated rings. The van der Waals surface area contributed by atoms with Gasteiger partial charge >= 0.3 is 0 Å². The first-order chi connectivity index (χ1) is 19.8. The van der Waals surface area contributed by atoms with E-state index in [9.17, 15) is 35.6 Å². The number of alkyl halides is 1. The van der Waals surface area contributed by atoms with Crippen LogP contribution in [-0.4, -0.2) is 84.5 Å². The number of benzene rings is 2. The van der Waals surface area contributed by atoms with Gasteiger partial charge in [-0.2, -0.15) is 8.61 Å². The maximum Gasteiger partial charge on any atom is 0.262 e. The molecule has 1 amide bonds. The first-order valence-electron chi connectivity index (χ1n) is 12.7. The van der Waals surface area contributed by atoms with Crippen molar-refractivity contribution in [2.75, 3.05) is 26.9 Å². The number of sulfonamides is 2. The van der Waals surface area contributed by atoms with Crippen molar-refractivity contribution in [3.05, 3.63) is 66.2 Å². The first-order valence-corrected chi connectivity index (χ1v) is 15.5. The molecule has 1 aromatic heterocycles. The van der Waals surface area contributed by atoms with Crippen LogP contribution in [0.1, 0.15) is 19.5 Å². The predicted molar refractivity (Wildman–Crippen MR) is 145 cm³/mol. The summed E-state index contributed by atoms with van der Waals surface area (Å²) < 4.78 is 87.0. The number of hydroxylamine groups is 1. The van der Waals surface area contributed by atoms with Crippen molar-refractivity contribution >= 4 is 26.0 Å². The molecule has 0 unspecified atom stereocenters. The molecule has 1 atom stereocenters. The van der Waals surface area contributed by atoms with Gasteiger partial charge in [-0.05, 0) is 54.4 Å². The summed E-state index contributed by atoms with van der Waals surface area (Å²) in [7, 11) is -6.95. The van der Waals surface area contributed by atoms with Crippen LogP contribution in [0.4, 0.5) is 8.78 Å². The topological polar surface area (TPSA) is 164 Å². The molecular formula is C25H32F2N6O7S2. The second-order valence-corrected chi connectivity index (χ2v) is 13.4. The van der Waals surface area contributed by atoms with Crippen molar-refractivity contribution in [1.29, 1.82) is 0 Å². The lowest BCUT2D eigenvalue weighted by Gasteiger charge is -2.31. The molecular weight excluding hydrogens is 598 g/mol. The number of carbonyl (C=O) groups is 1. The van der Waals surface area contributed by atoms with Crippen molar-refractivity contribution in [2.24, 2.45) is 5.92 Å². The lowest BCUT2D eigenvalue weighted by atomic mass is 10.0. The number of aromatic nitrogens is 3. The zero-order valence-electron chi connectivity index (χ0n) is 23.1. The molecule has 13 nitrogen and oxygen atoms in total. The summed E-state index contributed by atoms with van der Waals surface area (Å²) in [5.41, 5.74) is 1.76. The van der Waals surface area contributed by atoms with E-state index in [1.165, 1.54) is 47.7 Å². The average molecular weight is 631 g/mol. The predicted octanol–water partition coefficient (Wildman–Crippen LogP) is 1.81. The van der Waals surface area contributed by atoms with E-state index >= 15 is 0 Å². The van der Waals surface area contributed by atoms with E-state index in [-0.39, 0.29) is 47.5 Å². The Morgan fingerprint density at radius 1 is 1.05 bits per heavy atom. The molecule has 0 saturated heterocycles. The van der Waals surface area contributed by atoms with Crippen LogP contribution in [0.5, 0.6) is 5.75 Å². The quantitative estimate of drug-likeness (QED) is 0.188. The van der Waals surface area contributed by atoms with Gasteiger partial charge in [-0.1, -0.05) is 19.1 Å². The van der Waals surface area contributed by atoms with E-state index in [1.807, 2.05) is 0 Å². The molecule has 0 aliphatic carbocycles. The lowest BCUT2D eigenvalue weighted by Crippen LogP contribution is -2.52. The van der Waals surface area contributed by atoms with Crippen molar-refractivity contribution < 1.29 is 40.4 Å². The van der Waals surface area contributed by atoms with E-state index < -0.39 is 50.4 Å². The fourth-order valence-corrected chi connectivity index (χ4v) is 6.91. The summed E-state index contributed by atoms with van der Waals surface area (Å²) in [6.45, 7) is 1.77. The van der Waals surface area contributed by atoms with Crippen LogP contribution in [0.3, 0.4) is 0 Å². The van der Waals surface area contributed by atoms with Gasteiger partial charge in [0.15, 0.2) is 0 Å². The smallest absolute Gasteiger partial charge is 0.262 e. The normalized spacial score (nSPS) is 13.1. The number of nitrogens with one attached hydrogen (secondary N) is 1. The Bertz CT molecular complexity index is 1550. The van der Waals surface area contributed by atoms with Crippen molar-refractivity contribution in [1.82, 2.24) is 29.1 Å². The van der Waals surface area contributed by atoms with Crippen molar-refractivity contribution in [3.63, 3.8) is 0 Å². The third-order valence-electron chi connectivity index (χ3n) is 6.14.